The van der Waals surface area contributed by atoms with Gasteiger partial charge in [0.1, 0.15) is 12.7 Å². The van der Waals surface area contributed by atoms with Crippen LogP contribution in [0.15, 0.2) is 6.20 Å². The monoisotopic (exact) mass is 279 g/mol. The highest BCUT2D eigenvalue weighted by Crippen LogP contribution is 2.13. The average molecular weight is 279 g/mol. The van der Waals surface area contributed by atoms with Crippen LogP contribution in [0, 0.1) is 17.0 Å². The van der Waals surface area contributed by atoms with E-state index in [2.05, 4.69) is 4.98 Å². The largest absolute Gasteiger partial charge is 0.400 e. The van der Waals surface area contributed by atoms with Gasteiger partial charge in [-0.05, 0) is 4.92 Å². The Balaban J connectivity index is 0.00000137. The summed E-state index contributed by atoms with van der Waals surface area (Å²) >= 11 is 0. The van der Waals surface area contributed by atoms with Gasteiger partial charge in [-0.2, -0.15) is 0 Å². The van der Waals surface area contributed by atoms with Gasteiger partial charge in [-0.25, -0.2) is 18.0 Å². The summed E-state index contributed by atoms with van der Waals surface area (Å²) < 4.78 is 23.9. The van der Waals surface area contributed by atoms with Crippen LogP contribution in [0.3, 0.4) is 0 Å². The molecule has 0 saturated carbocycles. The van der Waals surface area contributed by atoms with Gasteiger partial charge < -0.3 is 15.2 Å². The molecule has 9 heteroatoms. The number of hydrogen-bond acceptors (Lipinski definition) is 6. The molecular weight excluding hydrogens is 262 g/mol. The van der Waals surface area contributed by atoms with Crippen molar-refractivity contribution in [2.75, 3.05) is 18.6 Å². The number of aliphatic hydroxyl groups excluding tert-OH is 1. The molecule has 0 spiro atoms. The third kappa shape index (κ3) is 4.41. The molecule has 1 aromatic rings. The zero-order valence-corrected chi connectivity index (χ0v) is 11.3. The molecule has 1 aromatic heterocycles. The Labute approximate surface area is 105 Å². The van der Waals surface area contributed by atoms with E-state index in [4.69, 9.17) is 5.11 Å². The van der Waals surface area contributed by atoms with Crippen LogP contribution in [-0.4, -0.2) is 46.6 Å². The Kier molecular flexibility index (Phi) is 6.48. The molecule has 1 N–H and O–H groups in total. The summed E-state index contributed by atoms with van der Waals surface area (Å²) in [5.74, 6) is 0.192. The van der Waals surface area contributed by atoms with Gasteiger partial charge in [0.25, 0.3) is 0 Å². The Morgan fingerprint density at radius 3 is 2.50 bits per heavy atom. The number of imidazole rings is 1. The smallest absolute Gasteiger partial charge is 0.342 e. The van der Waals surface area contributed by atoms with Crippen molar-refractivity contribution < 1.29 is 18.4 Å². The first-order chi connectivity index (χ1) is 8.37. The molecule has 0 amide bonds. The van der Waals surface area contributed by atoms with E-state index in [1.807, 2.05) is 0 Å². The lowest BCUT2D eigenvalue weighted by molar-refractivity contribution is -0.392. The minimum atomic E-state index is -3.13. The van der Waals surface area contributed by atoms with Gasteiger partial charge in [0.2, 0.25) is 0 Å². The summed E-state index contributed by atoms with van der Waals surface area (Å²) in [4.78, 5) is 13.8. The van der Waals surface area contributed by atoms with Gasteiger partial charge in [-0.15, -0.1) is 0 Å². The van der Waals surface area contributed by atoms with Crippen molar-refractivity contribution in [3.63, 3.8) is 0 Å². The predicted octanol–water partition coefficient (Wildman–Crippen LogP) is 0.143. The van der Waals surface area contributed by atoms with E-state index in [0.29, 0.717) is 5.82 Å². The highest BCUT2D eigenvalue weighted by Gasteiger charge is 2.19. The number of rotatable bonds is 5. The van der Waals surface area contributed by atoms with Crippen molar-refractivity contribution >= 4 is 15.7 Å². The standard InChI is InChI=1S/C8H13N3O4S.CH4O/c1-3-16(14,15)5-4-10-7(2)9-6-8(10)11(12)13;1-2/h6H,3-5H2,1-2H3;2H,1H3. The maximum atomic E-state index is 11.3. The van der Waals surface area contributed by atoms with E-state index in [1.54, 1.807) is 13.8 Å². The van der Waals surface area contributed by atoms with Gasteiger partial charge in [0, 0.05) is 19.8 Å². The fourth-order valence-electron chi connectivity index (χ4n) is 1.25. The topological polar surface area (TPSA) is 115 Å². The molecule has 0 fully saturated rings. The molecule has 0 atom stereocenters. The minimum absolute atomic E-state index is 0.0363. The SMILES string of the molecule is CCS(=O)(=O)CCn1c([N+](=O)[O-])cnc1C.CO. The molecule has 1 heterocycles. The van der Waals surface area contributed by atoms with Crippen molar-refractivity contribution in [1.82, 2.24) is 9.55 Å². The Morgan fingerprint density at radius 1 is 1.50 bits per heavy atom. The van der Waals surface area contributed by atoms with Gasteiger partial charge in [-0.3, -0.25) is 0 Å². The Bertz CT molecular complexity index is 494. The van der Waals surface area contributed by atoms with Crippen molar-refractivity contribution in [1.29, 1.82) is 0 Å². The molecule has 18 heavy (non-hydrogen) atoms. The average Bonchev–Trinajstić information content (AvgIpc) is 2.71. The number of hydrogen-bond donors (Lipinski definition) is 1. The van der Waals surface area contributed by atoms with Crippen LogP contribution >= 0.6 is 0 Å². The zero-order chi connectivity index (χ0) is 14.3. The highest BCUT2D eigenvalue weighted by molar-refractivity contribution is 7.91. The molecule has 0 aliphatic carbocycles. The van der Waals surface area contributed by atoms with Crippen LogP contribution in [0.25, 0.3) is 0 Å². The molecule has 0 aromatic carbocycles. The van der Waals surface area contributed by atoms with Crippen LogP contribution in [0.5, 0.6) is 0 Å². The highest BCUT2D eigenvalue weighted by atomic mass is 32.2. The first kappa shape index (κ1) is 16.5. The summed E-state index contributed by atoms with van der Waals surface area (Å²) in [6.45, 7) is 3.22. The number of aryl methyl sites for hydroxylation is 1. The Morgan fingerprint density at radius 2 is 2.06 bits per heavy atom. The normalized spacial score (nSPS) is 10.7. The van der Waals surface area contributed by atoms with E-state index in [0.717, 1.165) is 13.3 Å². The van der Waals surface area contributed by atoms with E-state index < -0.39 is 14.8 Å². The van der Waals surface area contributed by atoms with Crippen molar-refractivity contribution in [2.45, 2.75) is 20.4 Å². The number of nitrogens with zero attached hydrogens (tertiary/aromatic N) is 3. The summed E-state index contributed by atoms with van der Waals surface area (Å²) in [5.41, 5.74) is 0. The van der Waals surface area contributed by atoms with E-state index in [1.165, 1.54) is 4.57 Å². The molecule has 0 unspecified atom stereocenters. The number of aromatic nitrogens is 2. The number of aliphatic hydroxyl groups is 1. The van der Waals surface area contributed by atoms with Gasteiger partial charge in [0.15, 0.2) is 15.7 Å². The van der Waals surface area contributed by atoms with Crippen molar-refractivity contribution in [3.05, 3.63) is 22.1 Å². The molecule has 8 nitrogen and oxygen atoms in total. The molecule has 0 aliphatic heterocycles. The number of sulfone groups is 1. The molecule has 0 radical (unpaired) electrons. The molecule has 1 rings (SSSR count). The molecule has 0 aliphatic rings. The van der Waals surface area contributed by atoms with E-state index >= 15 is 0 Å². The lowest BCUT2D eigenvalue weighted by Gasteiger charge is -2.02. The summed E-state index contributed by atoms with van der Waals surface area (Å²) in [6, 6.07) is 0. The third-order valence-electron chi connectivity index (χ3n) is 2.29. The maximum absolute atomic E-state index is 11.3. The van der Waals surface area contributed by atoms with Crippen LogP contribution in [0.2, 0.25) is 0 Å². The van der Waals surface area contributed by atoms with Crippen molar-refractivity contribution in [3.8, 4) is 0 Å². The summed E-state index contributed by atoms with van der Waals surface area (Å²) in [5, 5.41) is 17.6. The summed E-state index contributed by atoms with van der Waals surface area (Å²) in [6.07, 6.45) is 1.13. The van der Waals surface area contributed by atoms with Gasteiger partial charge in [-0.1, -0.05) is 6.92 Å². The van der Waals surface area contributed by atoms with Crippen LogP contribution in [0.1, 0.15) is 12.7 Å². The molecule has 104 valence electrons. The first-order valence-corrected chi connectivity index (χ1v) is 7.01. The van der Waals surface area contributed by atoms with E-state index in [9.17, 15) is 18.5 Å². The zero-order valence-electron chi connectivity index (χ0n) is 10.5. The predicted molar refractivity (Wildman–Crippen MR) is 66.1 cm³/mol. The second-order valence-electron chi connectivity index (χ2n) is 3.31. The van der Waals surface area contributed by atoms with E-state index in [-0.39, 0.29) is 23.9 Å². The van der Waals surface area contributed by atoms with Crippen LogP contribution in [0.4, 0.5) is 5.82 Å². The quantitative estimate of drug-likeness (QED) is 0.605. The Hall–Kier alpha value is -1.48. The number of nitro groups is 1. The fraction of sp³-hybridized carbons (Fsp3) is 0.667. The molecule has 0 saturated heterocycles. The summed E-state index contributed by atoms with van der Waals surface area (Å²) in [7, 11) is -2.13. The second-order valence-corrected chi connectivity index (χ2v) is 5.78. The van der Waals surface area contributed by atoms with Crippen LogP contribution in [-0.2, 0) is 16.4 Å². The fourth-order valence-corrected chi connectivity index (χ4v) is 2.00. The lowest BCUT2D eigenvalue weighted by Crippen LogP contribution is -2.16. The maximum Gasteiger partial charge on any atom is 0.342 e. The lowest BCUT2D eigenvalue weighted by atomic mass is 10.6. The van der Waals surface area contributed by atoms with Gasteiger partial charge in [0.05, 0.1) is 5.75 Å². The third-order valence-corrected chi connectivity index (χ3v) is 3.97. The molecular formula is C9H17N3O5S. The van der Waals surface area contributed by atoms with Crippen molar-refractivity contribution in [2.24, 2.45) is 0 Å². The van der Waals surface area contributed by atoms with Gasteiger partial charge >= 0.3 is 5.82 Å². The second kappa shape index (κ2) is 7.07. The first-order valence-electron chi connectivity index (χ1n) is 5.19. The van der Waals surface area contributed by atoms with Crippen LogP contribution < -0.4 is 0 Å². The minimum Gasteiger partial charge on any atom is -0.400 e. The molecule has 0 bridgehead atoms.